The Morgan fingerprint density at radius 2 is 1.55 bits per heavy atom. The highest BCUT2D eigenvalue weighted by Gasteiger charge is 2.50. The average molecular weight is 1070 g/mol. The molecule has 9 unspecified atom stereocenters. The molecule has 0 spiro atoms. The normalized spacial score (nSPS) is 20.7. The van der Waals surface area contributed by atoms with Gasteiger partial charge in [0.25, 0.3) is 0 Å². The quantitative estimate of drug-likeness (QED) is 0.0347. The van der Waals surface area contributed by atoms with Gasteiger partial charge in [-0.25, -0.2) is 28.6 Å². The predicted molar refractivity (Wildman–Crippen MR) is 242 cm³/mol. The number of rotatable bonds is 29. The smallest absolute Gasteiger partial charge is 0.386 e. The lowest BCUT2D eigenvalue weighted by Crippen LogP contribution is -2.50. The second-order valence-electron chi connectivity index (χ2n) is 17.2. The number of nitrogens with one attached hydrogen (secondary N) is 4. The topological polar surface area (TPSA) is 442 Å². The number of phosphoric acid groups is 3. The zero-order valence-electron chi connectivity index (χ0n) is 38.5. The van der Waals surface area contributed by atoms with Crippen molar-refractivity contribution in [2.24, 2.45) is 17.3 Å². The molecule has 33 heteroatoms. The standard InChI is InChI=1S/C36H62N9O20P3S/c1-19(2)7-9-39-32(51)21(13-20(3)4)44-33(52)22(46)14-25(48)69-12-11-38-24(47)8-10-40-34(53)29(50)36(5,6)16-62-68(59,60)65-67(57,58)61-15-23-28(64-66(54,55)56)27(49)35(63-23)45-18-43-26-30(37)41-17-42-31(26)45/h17-23,27-29,35,46,49-50H,7-16H2,1-6H3,(H,38,47)(H,39,51)(H,40,53)(H,44,52)(H,57,58)(H,59,60)(H2,37,41,42)(H2,54,55,56). The van der Waals surface area contributed by atoms with Crippen LogP contribution >= 0.6 is 35.2 Å². The Hall–Kier alpha value is -3.54. The van der Waals surface area contributed by atoms with Crippen LogP contribution in [-0.2, 0) is 60.3 Å². The van der Waals surface area contributed by atoms with Gasteiger partial charge in [0, 0.05) is 37.2 Å². The number of phosphoric ester groups is 3. The minimum atomic E-state index is -5.62. The van der Waals surface area contributed by atoms with Crippen molar-refractivity contribution in [2.45, 2.75) is 110 Å². The van der Waals surface area contributed by atoms with E-state index in [2.05, 4.69) is 45.1 Å². The van der Waals surface area contributed by atoms with Crippen molar-refractivity contribution in [2.75, 3.05) is 44.3 Å². The van der Waals surface area contributed by atoms with Crippen LogP contribution in [0.3, 0.4) is 0 Å². The van der Waals surface area contributed by atoms with Crippen LogP contribution in [0.25, 0.3) is 11.2 Å². The summed E-state index contributed by atoms with van der Waals surface area (Å²) in [6.45, 7) is 8.19. The summed E-state index contributed by atoms with van der Waals surface area (Å²) in [5, 5.41) is 41.4. The summed E-state index contributed by atoms with van der Waals surface area (Å²) in [5.41, 5.74) is 4.17. The Labute approximate surface area is 400 Å². The Kier molecular flexibility index (Phi) is 22.7. The number of aliphatic hydroxyl groups excluding tert-OH is 3. The zero-order chi connectivity index (χ0) is 52.1. The lowest BCUT2D eigenvalue weighted by Gasteiger charge is -2.30. The van der Waals surface area contributed by atoms with Crippen molar-refractivity contribution < 1.29 is 95.2 Å². The van der Waals surface area contributed by atoms with E-state index in [4.69, 9.17) is 19.5 Å². The molecular weight excluding hydrogens is 1000 g/mol. The van der Waals surface area contributed by atoms with Crippen molar-refractivity contribution in [1.82, 2.24) is 40.8 Å². The number of nitrogen functional groups attached to an aromatic ring is 1. The van der Waals surface area contributed by atoms with Gasteiger partial charge in [-0.3, -0.25) is 42.1 Å². The first kappa shape index (κ1) is 59.8. The summed E-state index contributed by atoms with van der Waals surface area (Å²) < 4.78 is 62.3. The molecule has 0 bridgehead atoms. The molecule has 9 atom stereocenters. The molecule has 0 aliphatic carbocycles. The molecule has 13 N–H and O–H groups in total. The number of thioether (sulfide) groups is 1. The Morgan fingerprint density at radius 3 is 2.19 bits per heavy atom. The van der Waals surface area contributed by atoms with E-state index in [0.717, 1.165) is 35.4 Å². The Bertz CT molecular complexity index is 2230. The summed E-state index contributed by atoms with van der Waals surface area (Å²) in [4.78, 5) is 114. The fraction of sp³-hybridized carbons (Fsp3) is 0.722. The van der Waals surface area contributed by atoms with Gasteiger partial charge in [0.05, 0.1) is 26.0 Å². The van der Waals surface area contributed by atoms with Crippen LogP contribution in [0, 0.1) is 17.3 Å². The average Bonchev–Trinajstić information content (AvgIpc) is 3.79. The molecule has 2 aromatic rings. The first-order valence-electron chi connectivity index (χ1n) is 21.2. The van der Waals surface area contributed by atoms with Crippen molar-refractivity contribution >= 4 is 81.0 Å². The van der Waals surface area contributed by atoms with E-state index >= 15 is 0 Å². The summed E-state index contributed by atoms with van der Waals surface area (Å²) >= 11 is 0.746. The number of fused-ring (bicyclic) bond motifs is 1. The van der Waals surface area contributed by atoms with Gasteiger partial charge in [-0.1, -0.05) is 53.3 Å². The van der Waals surface area contributed by atoms with Crippen molar-refractivity contribution in [3.8, 4) is 0 Å². The van der Waals surface area contributed by atoms with Gasteiger partial charge in [0.1, 0.15) is 48.4 Å². The van der Waals surface area contributed by atoms with E-state index in [1.54, 1.807) is 0 Å². The third-order valence-electron chi connectivity index (χ3n) is 9.79. The maximum atomic E-state index is 12.7. The monoisotopic (exact) mass is 1070 g/mol. The molecule has 0 aromatic carbocycles. The minimum Gasteiger partial charge on any atom is -0.386 e. The van der Waals surface area contributed by atoms with Gasteiger partial charge < -0.3 is 66.6 Å². The summed E-state index contributed by atoms with van der Waals surface area (Å²) in [6.07, 6.45) is -8.44. The van der Waals surface area contributed by atoms with Crippen molar-refractivity contribution in [1.29, 1.82) is 0 Å². The largest absolute Gasteiger partial charge is 0.481 e. The molecule has 0 saturated carbocycles. The molecule has 1 saturated heterocycles. The van der Waals surface area contributed by atoms with Crippen LogP contribution in [-0.4, -0.2) is 158 Å². The zero-order valence-corrected chi connectivity index (χ0v) is 42.0. The molecule has 1 aliphatic rings. The molecule has 1 fully saturated rings. The molecule has 3 heterocycles. The van der Waals surface area contributed by atoms with Crippen LogP contribution in [0.4, 0.5) is 5.82 Å². The number of hydrogen-bond acceptors (Lipinski definition) is 21. The van der Waals surface area contributed by atoms with Crippen LogP contribution < -0.4 is 27.0 Å². The van der Waals surface area contributed by atoms with Gasteiger partial charge >= 0.3 is 23.5 Å². The summed E-state index contributed by atoms with van der Waals surface area (Å²) in [5.74, 6) is -2.46. The molecular formula is C36H62N9O20P3S. The number of carbonyl (C=O) groups is 5. The van der Waals surface area contributed by atoms with Gasteiger partial charge in [0.2, 0.25) is 23.6 Å². The molecule has 1 aliphatic heterocycles. The van der Waals surface area contributed by atoms with Gasteiger partial charge in [0.15, 0.2) is 22.8 Å². The maximum Gasteiger partial charge on any atom is 0.481 e. The highest BCUT2D eigenvalue weighted by atomic mass is 32.2. The number of nitrogens with zero attached hydrogens (tertiary/aromatic N) is 4. The summed E-state index contributed by atoms with van der Waals surface area (Å²) in [6, 6.07) is -0.897. The number of aromatic nitrogens is 4. The number of amides is 4. The summed E-state index contributed by atoms with van der Waals surface area (Å²) in [7, 11) is -16.5. The minimum absolute atomic E-state index is 0.0124. The van der Waals surface area contributed by atoms with Gasteiger partial charge in [-0.05, 0) is 24.7 Å². The second kappa shape index (κ2) is 26.2. The van der Waals surface area contributed by atoms with E-state index in [9.17, 15) is 72.6 Å². The fourth-order valence-electron chi connectivity index (χ4n) is 6.18. The van der Waals surface area contributed by atoms with E-state index in [1.165, 1.54) is 13.8 Å². The molecule has 392 valence electrons. The third kappa shape index (κ3) is 19.9. The fourth-order valence-corrected chi connectivity index (χ4v) is 9.72. The Balaban J connectivity index is 1.40. The number of imidazole rings is 1. The number of nitrogens with two attached hydrogens (primary N) is 1. The third-order valence-corrected chi connectivity index (χ3v) is 13.8. The van der Waals surface area contributed by atoms with E-state index in [0.29, 0.717) is 18.9 Å². The molecule has 2 aromatic heterocycles. The molecule has 29 nitrogen and oxygen atoms in total. The number of anilines is 1. The van der Waals surface area contributed by atoms with Crippen molar-refractivity contribution in [3.05, 3.63) is 12.7 Å². The molecule has 0 radical (unpaired) electrons. The number of hydrogen-bond donors (Lipinski definition) is 12. The first-order chi connectivity index (χ1) is 31.9. The highest BCUT2D eigenvalue weighted by molar-refractivity contribution is 8.13. The molecule has 4 amide bonds. The van der Waals surface area contributed by atoms with Crippen LogP contribution in [0.5, 0.6) is 0 Å². The maximum absolute atomic E-state index is 12.7. The molecule has 69 heavy (non-hydrogen) atoms. The van der Waals surface area contributed by atoms with E-state index < -0.39 is 120 Å². The van der Waals surface area contributed by atoms with Crippen molar-refractivity contribution in [3.63, 3.8) is 0 Å². The number of aliphatic hydroxyl groups is 3. The lowest BCUT2D eigenvalue weighted by atomic mass is 9.87. The van der Waals surface area contributed by atoms with Crippen LogP contribution in [0.1, 0.15) is 73.5 Å². The van der Waals surface area contributed by atoms with Crippen LogP contribution in [0.2, 0.25) is 0 Å². The Morgan fingerprint density at radius 1 is 0.899 bits per heavy atom. The lowest BCUT2D eigenvalue weighted by molar-refractivity contribution is -0.137. The van der Waals surface area contributed by atoms with E-state index in [1.807, 2.05) is 27.7 Å². The number of ether oxygens (including phenoxy) is 1. The van der Waals surface area contributed by atoms with Gasteiger partial charge in [-0.2, -0.15) is 4.31 Å². The number of carbonyl (C=O) groups excluding carboxylic acids is 5. The van der Waals surface area contributed by atoms with E-state index in [-0.39, 0.29) is 48.2 Å². The predicted octanol–water partition coefficient (Wildman–Crippen LogP) is -0.891. The first-order valence-corrected chi connectivity index (χ1v) is 26.7. The SMILES string of the molecule is CC(C)CCNC(=O)C(CC(C)C)NC(=O)C(O)CC(=O)SCCNC(=O)CCNC(=O)C(O)C(C)(C)COP(=O)(O)OP(=O)(O)OCC1OC(n2cnc3c(N)ncnc32)C(O)C1OP(=O)(O)O. The second-order valence-corrected chi connectivity index (χ2v) is 22.6. The van der Waals surface area contributed by atoms with Gasteiger partial charge in [-0.15, -0.1) is 0 Å². The highest BCUT2D eigenvalue weighted by Crippen LogP contribution is 2.61. The van der Waals surface area contributed by atoms with Crippen LogP contribution in [0.15, 0.2) is 12.7 Å². The molecule has 3 rings (SSSR count).